The molecule has 10 heteroatoms. The van der Waals surface area contributed by atoms with Gasteiger partial charge in [-0.15, -0.1) is 11.3 Å². The molecule has 5 rings (SSSR count). The average Bonchev–Trinajstić information content (AvgIpc) is 3.45. The number of ether oxygens (including phenoxy) is 2. The van der Waals surface area contributed by atoms with E-state index in [-0.39, 0.29) is 29.2 Å². The third-order valence-corrected chi connectivity index (χ3v) is 9.44. The highest BCUT2D eigenvalue weighted by Gasteiger charge is 2.35. The number of carbonyl (C=O) groups is 1. The van der Waals surface area contributed by atoms with Crippen LogP contribution in [0.3, 0.4) is 0 Å². The smallest absolute Gasteiger partial charge is 0.335 e. The second-order valence-corrected chi connectivity index (χ2v) is 11.7. The standard InChI is InChI=1S/C25H26N2O6S2/c1-16-15-34-25(26-16)35(30,31)27(13-21-9-10-32-21)22-11-19-3-2-4-20(19)12-23(22)33-14-17-5-7-18(8-6-17)24(28)29/h5-8,11-12,15,21H,2-4,9-10,13-14H2,1H3,(H,28,29). The van der Waals surface area contributed by atoms with E-state index in [0.717, 1.165) is 53.7 Å². The molecule has 1 unspecified atom stereocenters. The number of fused-ring (bicyclic) bond motifs is 1. The zero-order valence-electron chi connectivity index (χ0n) is 19.3. The number of benzene rings is 2. The number of carboxylic acid groups (broad SMARTS) is 1. The van der Waals surface area contributed by atoms with E-state index >= 15 is 0 Å². The van der Waals surface area contributed by atoms with Gasteiger partial charge in [0.05, 0.1) is 23.9 Å². The zero-order valence-corrected chi connectivity index (χ0v) is 20.9. The molecule has 1 atom stereocenters. The van der Waals surface area contributed by atoms with Crippen molar-refractivity contribution in [2.75, 3.05) is 17.5 Å². The molecular weight excluding hydrogens is 488 g/mol. The van der Waals surface area contributed by atoms with Gasteiger partial charge in [0.1, 0.15) is 12.4 Å². The summed E-state index contributed by atoms with van der Waals surface area (Å²) < 4.78 is 40.7. The second kappa shape index (κ2) is 9.60. The van der Waals surface area contributed by atoms with Gasteiger partial charge in [-0.05, 0) is 73.6 Å². The summed E-state index contributed by atoms with van der Waals surface area (Å²) in [6, 6.07) is 10.3. The molecule has 3 aromatic rings. The first-order valence-corrected chi connectivity index (χ1v) is 13.8. The maximum Gasteiger partial charge on any atom is 0.335 e. The summed E-state index contributed by atoms with van der Waals surface area (Å²) in [5.74, 6) is -0.515. The van der Waals surface area contributed by atoms with Crippen LogP contribution in [-0.4, -0.2) is 43.7 Å². The summed E-state index contributed by atoms with van der Waals surface area (Å²) in [5.41, 5.74) is 4.41. The molecule has 0 radical (unpaired) electrons. The molecule has 184 valence electrons. The van der Waals surface area contributed by atoms with Crippen LogP contribution < -0.4 is 9.04 Å². The van der Waals surface area contributed by atoms with E-state index in [0.29, 0.717) is 23.7 Å². The van der Waals surface area contributed by atoms with Crippen molar-refractivity contribution in [1.29, 1.82) is 0 Å². The lowest BCUT2D eigenvalue weighted by Crippen LogP contribution is -2.43. The molecule has 1 aliphatic heterocycles. The fourth-order valence-corrected chi connectivity index (χ4v) is 6.92. The summed E-state index contributed by atoms with van der Waals surface area (Å²) in [6.07, 6.45) is 3.43. The molecular formula is C25H26N2O6S2. The lowest BCUT2D eigenvalue weighted by Gasteiger charge is -2.33. The maximum atomic E-state index is 13.8. The molecule has 1 aliphatic carbocycles. The Hall–Kier alpha value is -2.95. The number of thiazole rings is 1. The van der Waals surface area contributed by atoms with Gasteiger partial charge in [-0.1, -0.05) is 12.1 Å². The van der Waals surface area contributed by atoms with Crippen LogP contribution in [0.4, 0.5) is 5.69 Å². The van der Waals surface area contributed by atoms with Crippen LogP contribution in [0, 0.1) is 6.92 Å². The van der Waals surface area contributed by atoms with Crippen molar-refractivity contribution in [3.63, 3.8) is 0 Å². The average molecular weight is 515 g/mol. The van der Waals surface area contributed by atoms with Crippen LogP contribution in [0.2, 0.25) is 0 Å². The Bertz CT molecular complexity index is 1350. The maximum absolute atomic E-state index is 13.8. The molecule has 1 fully saturated rings. The second-order valence-electron chi connectivity index (χ2n) is 8.81. The lowest BCUT2D eigenvalue weighted by molar-refractivity contribution is -0.0428. The molecule has 2 aliphatic rings. The van der Waals surface area contributed by atoms with Crippen molar-refractivity contribution in [3.8, 4) is 5.75 Å². The van der Waals surface area contributed by atoms with Gasteiger partial charge in [-0.25, -0.2) is 9.78 Å². The van der Waals surface area contributed by atoms with Crippen LogP contribution in [0.5, 0.6) is 5.75 Å². The van der Waals surface area contributed by atoms with Gasteiger partial charge < -0.3 is 14.6 Å². The molecule has 0 saturated carbocycles. The molecule has 2 aromatic carbocycles. The Labute approximate surface area is 208 Å². The highest BCUT2D eigenvalue weighted by atomic mass is 32.2. The Kier molecular flexibility index (Phi) is 6.52. The predicted molar refractivity (Wildman–Crippen MR) is 132 cm³/mol. The van der Waals surface area contributed by atoms with Gasteiger partial charge in [0.15, 0.2) is 0 Å². The minimum atomic E-state index is -3.93. The van der Waals surface area contributed by atoms with Crippen molar-refractivity contribution in [2.24, 2.45) is 0 Å². The molecule has 8 nitrogen and oxygen atoms in total. The summed E-state index contributed by atoms with van der Waals surface area (Å²) in [4.78, 5) is 15.4. The van der Waals surface area contributed by atoms with Crippen LogP contribution >= 0.6 is 11.3 Å². The van der Waals surface area contributed by atoms with Gasteiger partial charge >= 0.3 is 5.97 Å². The van der Waals surface area contributed by atoms with Crippen molar-refractivity contribution in [2.45, 2.75) is 49.7 Å². The number of nitrogens with zero attached hydrogens (tertiary/aromatic N) is 2. The van der Waals surface area contributed by atoms with Gasteiger partial charge in [0.2, 0.25) is 4.34 Å². The van der Waals surface area contributed by atoms with Crippen LogP contribution in [0.15, 0.2) is 46.1 Å². The van der Waals surface area contributed by atoms with Crippen LogP contribution in [0.25, 0.3) is 0 Å². The van der Waals surface area contributed by atoms with Crippen molar-refractivity contribution in [1.82, 2.24) is 4.98 Å². The van der Waals surface area contributed by atoms with Gasteiger partial charge in [0, 0.05) is 17.7 Å². The first-order chi connectivity index (χ1) is 16.8. The number of carboxylic acids is 1. The minimum Gasteiger partial charge on any atom is -0.487 e. The molecule has 0 spiro atoms. The van der Waals surface area contributed by atoms with E-state index in [1.54, 1.807) is 24.4 Å². The third-order valence-electron chi connectivity index (χ3n) is 6.31. The van der Waals surface area contributed by atoms with E-state index in [2.05, 4.69) is 4.98 Å². The SMILES string of the molecule is Cc1csc(S(=O)(=O)N(CC2CCO2)c2cc3c(cc2OCc2ccc(C(=O)O)cc2)CCC3)n1. The van der Waals surface area contributed by atoms with Gasteiger partial charge in [-0.3, -0.25) is 4.31 Å². The van der Waals surface area contributed by atoms with Crippen molar-refractivity contribution in [3.05, 3.63) is 69.7 Å². The van der Waals surface area contributed by atoms with Gasteiger partial charge in [-0.2, -0.15) is 8.42 Å². The van der Waals surface area contributed by atoms with E-state index in [9.17, 15) is 13.2 Å². The number of aromatic nitrogens is 1. The molecule has 0 amide bonds. The van der Waals surface area contributed by atoms with E-state index < -0.39 is 16.0 Å². The molecule has 0 bridgehead atoms. The normalized spacial score (nSPS) is 17.0. The summed E-state index contributed by atoms with van der Waals surface area (Å²) in [6.45, 7) is 2.75. The molecule has 1 aromatic heterocycles. The van der Waals surface area contributed by atoms with Crippen LogP contribution in [0.1, 0.15) is 45.6 Å². The number of sulfonamides is 1. The van der Waals surface area contributed by atoms with E-state index in [4.69, 9.17) is 14.6 Å². The topological polar surface area (TPSA) is 106 Å². The molecule has 1 saturated heterocycles. The van der Waals surface area contributed by atoms with E-state index in [1.807, 2.05) is 12.1 Å². The highest BCUT2D eigenvalue weighted by Crippen LogP contribution is 2.39. The van der Waals surface area contributed by atoms with Crippen molar-refractivity contribution >= 4 is 33.0 Å². The predicted octanol–water partition coefficient (Wildman–Crippen LogP) is 4.20. The van der Waals surface area contributed by atoms with Gasteiger partial charge in [0.25, 0.3) is 10.0 Å². The first-order valence-electron chi connectivity index (χ1n) is 11.5. The molecule has 1 N–H and O–H groups in total. The Balaban J connectivity index is 1.51. The fraction of sp³-hybridized carbons (Fsp3) is 0.360. The minimum absolute atomic E-state index is 0.0463. The van der Waals surface area contributed by atoms with E-state index in [1.165, 1.54) is 16.4 Å². The largest absolute Gasteiger partial charge is 0.487 e. The lowest BCUT2D eigenvalue weighted by atomic mass is 10.1. The Morgan fingerprint density at radius 2 is 1.94 bits per heavy atom. The monoisotopic (exact) mass is 514 g/mol. The summed E-state index contributed by atoms with van der Waals surface area (Å²) in [7, 11) is -3.93. The third kappa shape index (κ3) is 4.91. The van der Waals surface area contributed by atoms with Crippen LogP contribution in [-0.2, 0) is 34.2 Å². The number of aromatic carboxylic acids is 1. The highest BCUT2D eigenvalue weighted by molar-refractivity contribution is 7.94. The zero-order chi connectivity index (χ0) is 24.6. The number of anilines is 1. The summed E-state index contributed by atoms with van der Waals surface area (Å²) >= 11 is 1.11. The number of rotatable bonds is 9. The Morgan fingerprint density at radius 3 is 2.54 bits per heavy atom. The Morgan fingerprint density at radius 1 is 1.23 bits per heavy atom. The molecule has 35 heavy (non-hydrogen) atoms. The number of hydrogen-bond acceptors (Lipinski definition) is 7. The number of hydrogen-bond donors (Lipinski definition) is 1. The van der Waals surface area contributed by atoms with Crippen molar-refractivity contribution < 1.29 is 27.8 Å². The number of aryl methyl sites for hydroxylation is 3. The molecule has 2 heterocycles. The quantitative estimate of drug-likeness (QED) is 0.456. The summed E-state index contributed by atoms with van der Waals surface area (Å²) in [5, 5.41) is 10.9. The first kappa shape index (κ1) is 23.8. The fourth-order valence-electron chi connectivity index (χ4n) is 4.29.